The first-order valence-electron chi connectivity index (χ1n) is 6.85. The van der Waals surface area contributed by atoms with Gasteiger partial charge in [0, 0.05) is 20.8 Å². The largest absolute Gasteiger partial charge is 0.456 e. The third-order valence-electron chi connectivity index (χ3n) is 3.05. The van der Waals surface area contributed by atoms with E-state index in [2.05, 4.69) is 0 Å². The molecule has 4 atom stereocenters. The molecular weight excluding hydrogens is 280 g/mol. The Morgan fingerprint density at radius 1 is 0.905 bits per heavy atom. The van der Waals surface area contributed by atoms with Gasteiger partial charge in [-0.1, -0.05) is 13.8 Å². The normalized spacial score (nSPS) is 28.9. The van der Waals surface area contributed by atoms with Crippen LogP contribution in [-0.2, 0) is 33.3 Å². The standard InChI is InChI=1S/C14H22O7/c1-7(2)12-14(21-10(5)17)13(20-9(4)16)11(6-18-12)19-8(3)15/h7,11-14H,6H2,1-5H3/t11-,12?,13-,14-/m1/s1. The minimum Gasteiger partial charge on any atom is -0.456 e. The Hall–Kier alpha value is -1.63. The highest BCUT2D eigenvalue weighted by molar-refractivity contribution is 5.68. The van der Waals surface area contributed by atoms with Crippen molar-refractivity contribution in [3.8, 4) is 0 Å². The lowest BCUT2D eigenvalue weighted by atomic mass is 9.92. The van der Waals surface area contributed by atoms with E-state index in [1.807, 2.05) is 13.8 Å². The summed E-state index contributed by atoms with van der Waals surface area (Å²) < 4.78 is 21.2. The van der Waals surface area contributed by atoms with Crippen molar-refractivity contribution in [1.29, 1.82) is 0 Å². The van der Waals surface area contributed by atoms with Crippen LogP contribution >= 0.6 is 0 Å². The lowest BCUT2D eigenvalue weighted by Gasteiger charge is -2.42. The summed E-state index contributed by atoms with van der Waals surface area (Å²) in [6.07, 6.45) is -2.93. The predicted molar refractivity (Wildman–Crippen MR) is 71.2 cm³/mol. The molecule has 0 aliphatic carbocycles. The molecule has 0 amide bonds. The fourth-order valence-electron chi connectivity index (χ4n) is 2.34. The summed E-state index contributed by atoms with van der Waals surface area (Å²) >= 11 is 0. The van der Waals surface area contributed by atoms with Gasteiger partial charge in [0.2, 0.25) is 0 Å². The van der Waals surface area contributed by atoms with Gasteiger partial charge in [0.05, 0.1) is 6.61 Å². The van der Waals surface area contributed by atoms with Gasteiger partial charge < -0.3 is 18.9 Å². The van der Waals surface area contributed by atoms with E-state index in [1.54, 1.807) is 0 Å². The fourth-order valence-corrected chi connectivity index (χ4v) is 2.34. The van der Waals surface area contributed by atoms with Gasteiger partial charge >= 0.3 is 17.9 Å². The van der Waals surface area contributed by atoms with Gasteiger partial charge in [0.25, 0.3) is 0 Å². The summed E-state index contributed by atoms with van der Waals surface area (Å²) in [5.41, 5.74) is 0. The molecule has 0 aromatic heterocycles. The molecule has 0 aromatic carbocycles. The molecule has 1 unspecified atom stereocenters. The van der Waals surface area contributed by atoms with Crippen molar-refractivity contribution in [3.63, 3.8) is 0 Å². The van der Waals surface area contributed by atoms with Crippen molar-refractivity contribution in [3.05, 3.63) is 0 Å². The molecule has 7 nitrogen and oxygen atoms in total. The van der Waals surface area contributed by atoms with Gasteiger partial charge in [0.15, 0.2) is 18.3 Å². The Morgan fingerprint density at radius 3 is 1.81 bits per heavy atom. The molecule has 0 radical (unpaired) electrons. The third-order valence-corrected chi connectivity index (χ3v) is 3.05. The molecule has 0 aromatic rings. The van der Waals surface area contributed by atoms with E-state index in [1.165, 1.54) is 20.8 Å². The number of esters is 3. The van der Waals surface area contributed by atoms with E-state index < -0.39 is 42.3 Å². The van der Waals surface area contributed by atoms with Crippen molar-refractivity contribution in [1.82, 2.24) is 0 Å². The molecule has 7 heteroatoms. The molecule has 0 bridgehead atoms. The molecule has 1 fully saturated rings. The van der Waals surface area contributed by atoms with Crippen LogP contribution in [0, 0.1) is 5.92 Å². The zero-order valence-corrected chi connectivity index (χ0v) is 13.0. The Labute approximate surface area is 123 Å². The maximum atomic E-state index is 11.3. The minimum atomic E-state index is -0.878. The van der Waals surface area contributed by atoms with Crippen LogP contribution in [0.2, 0.25) is 0 Å². The van der Waals surface area contributed by atoms with E-state index in [0.717, 1.165) is 0 Å². The highest BCUT2D eigenvalue weighted by Gasteiger charge is 2.47. The monoisotopic (exact) mass is 302 g/mol. The summed E-state index contributed by atoms with van der Waals surface area (Å²) in [5.74, 6) is -1.55. The van der Waals surface area contributed by atoms with Crippen molar-refractivity contribution < 1.29 is 33.3 Å². The van der Waals surface area contributed by atoms with Crippen molar-refractivity contribution in [2.24, 2.45) is 5.92 Å². The molecule has 1 saturated heterocycles. The Balaban J connectivity index is 3.03. The van der Waals surface area contributed by atoms with Crippen LogP contribution in [0.15, 0.2) is 0 Å². The van der Waals surface area contributed by atoms with Crippen LogP contribution in [0.1, 0.15) is 34.6 Å². The second kappa shape index (κ2) is 7.40. The second-order valence-electron chi connectivity index (χ2n) is 5.34. The summed E-state index contributed by atoms with van der Waals surface area (Å²) in [5, 5.41) is 0. The third kappa shape index (κ3) is 5.00. The number of carbonyl (C=O) groups excluding carboxylic acids is 3. The molecule has 21 heavy (non-hydrogen) atoms. The molecule has 1 rings (SSSR count). The SMILES string of the molecule is CC(=O)O[C@H]1[C@H](OC(C)=O)C(C(C)C)OC[C@H]1OC(C)=O. The van der Waals surface area contributed by atoms with E-state index in [9.17, 15) is 14.4 Å². The zero-order chi connectivity index (χ0) is 16.2. The lowest BCUT2D eigenvalue weighted by molar-refractivity contribution is -0.231. The van der Waals surface area contributed by atoms with E-state index in [4.69, 9.17) is 18.9 Å². The Morgan fingerprint density at radius 2 is 1.38 bits per heavy atom. The molecule has 1 heterocycles. The lowest BCUT2D eigenvalue weighted by Crippen LogP contribution is -2.58. The fraction of sp³-hybridized carbons (Fsp3) is 0.786. The highest BCUT2D eigenvalue weighted by Crippen LogP contribution is 2.28. The quantitative estimate of drug-likeness (QED) is 0.561. The summed E-state index contributed by atoms with van der Waals surface area (Å²) in [6.45, 7) is 7.64. The topological polar surface area (TPSA) is 88.1 Å². The van der Waals surface area contributed by atoms with Crippen LogP contribution in [0.25, 0.3) is 0 Å². The first-order chi connectivity index (χ1) is 9.72. The van der Waals surface area contributed by atoms with Gasteiger partial charge in [-0.3, -0.25) is 14.4 Å². The Kier molecular flexibility index (Phi) is 6.14. The smallest absolute Gasteiger partial charge is 0.303 e. The minimum absolute atomic E-state index is 0.0330. The molecule has 1 aliphatic rings. The molecule has 0 N–H and O–H groups in total. The van der Waals surface area contributed by atoms with Crippen LogP contribution in [-0.4, -0.2) is 48.9 Å². The number of rotatable bonds is 4. The highest BCUT2D eigenvalue weighted by atomic mass is 16.6. The number of hydrogen-bond donors (Lipinski definition) is 0. The van der Waals surface area contributed by atoms with Gasteiger partial charge in [-0.05, 0) is 5.92 Å². The van der Waals surface area contributed by atoms with E-state index in [-0.39, 0.29) is 12.5 Å². The van der Waals surface area contributed by atoms with Crippen LogP contribution in [0.5, 0.6) is 0 Å². The van der Waals surface area contributed by atoms with Gasteiger partial charge in [-0.25, -0.2) is 0 Å². The Bertz CT molecular complexity index is 404. The van der Waals surface area contributed by atoms with Gasteiger partial charge in [0.1, 0.15) is 6.10 Å². The zero-order valence-electron chi connectivity index (χ0n) is 13.0. The van der Waals surface area contributed by atoms with E-state index in [0.29, 0.717) is 0 Å². The number of hydrogen-bond acceptors (Lipinski definition) is 7. The summed E-state index contributed by atoms with van der Waals surface area (Å²) in [7, 11) is 0. The first-order valence-corrected chi connectivity index (χ1v) is 6.85. The second-order valence-corrected chi connectivity index (χ2v) is 5.34. The van der Waals surface area contributed by atoms with Gasteiger partial charge in [-0.15, -0.1) is 0 Å². The number of ether oxygens (including phenoxy) is 4. The summed E-state index contributed by atoms with van der Waals surface area (Å²) in [4.78, 5) is 33.8. The van der Waals surface area contributed by atoms with Crippen LogP contribution < -0.4 is 0 Å². The average molecular weight is 302 g/mol. The molecule has 0 spiro atoms. The van der Waals surface area contributed by atoms with Crippen LogP contribution in [0.4, 0.5) is 0 Å². The molecular formula is C14H22O7. The van der Waals surface area contributed by atoms with Crippen molar-refractivity contribution >= 4 is 17.9 Å². The van der Waals surface area contributed by atoms with Gasteiger partial charge in [-0.2, -0.15) is 0 Å². The average Bonchev–Trinajstić information content (AvgIpc) is 2.31. The first kappa shape index (κ1) is 17.4. The molecule has 1 aliphatic heterocycles. The van der Waals surface area contributed by atoms with Crippen LogP contribution in [0.3, 0.4) is 0 Å². The predicted octanol–water partition coefficient (Wildman–Crippen LogP) is 0.836. The van der Waals surface area contributed by atoms with Crippen molar-refractivity contribution in [2.45, 2.75) is 59.0 Å². The van der Waals surface area contributed by atoms with Crippen molar-refractivity contribution in [2.75, 3.05) is 6.61 Å². The summed E-state index contributed by atoms with van der Waals surface area (Å²) in [6, 6.07) is 0. The maximum absolute atomic E-state index is 11.3. The maximum Gasteiger partial charge on any atom is 0.303 e. The van der Waals surface area contributed by atoms with E-state index >= 15 is 0 Å². The molecule has 120 valence electrons. The molecule has 0 saturated carbocycles. The number of carbonyl (C=O) groups is 3.